The molecule has 0 bridgehead atoms. The number of hydrogen-bond acceptors (Lipinski definition) is 5. The van der Waals surface area contributed by atoms with Crippen molar-refractivity contribution in [3.8, 4) is 17.2 Å². The maximum atomic E-state index is 13.1. The van der Waals surface area contributed by atoms with E-state index in [0.717, 1.165) is 44.7 Å². The van der Waals surface area contributed by atoms with Crippen LogP contribution in [-0.2, 0) is 12.8 Å². The van der Waals surface area contributed by atoms with Gasteiger partial charge in [-0.25, -0.2) is 0 Å². The zero-order chi connectivity index (χ0) is 21.8. The number of fused-ring (bicyclic) bond motifs is 2. The van der Waals surface area contributed by atoms with Crippen molar-refractivity contribution in [1.82, 2.24) is 9.80 Å². The molecule has 1 fully saturated rings. The zero-order valence-corrected chi connectivity index (χ0v) is 18.7. The topological polar surface area (TPSA) is 51.2 Å². The fourth-order valence-corrected chi connectivity index (χ4v) is 4.87. The summed E-state index contributed by atoms with van der Waals surface area (Å²) >= 11 is 0. The lowest BCUT2D eigenvalue weighted by Gasteiger charge is -2.26. The second-order valence-electron chi connectivity index (χ2n) is 8.90. The van der Waals surface area contributed by atoms with E-state index in [1.165, 1.54) is 43.5 Å². The van der Waals surface area contributed by atoms with Gasteiger partial charge in [0.05, 0.1) is 6.61 Å². The molecule has 3 heterocycles. The predicted octanol–water partition coefficient (Wildman–Crippen LogP) is 3.91. The molecular weight excluding hydrogens is 404 g/mol. The van der Waals surface area contributed by atoms with Crippen LogP contribution < -0.4 is 14.2 Å². The first kappa shape index (κ1) is 21.1. The van der Waals surface area contributed by atoms with Gasteiger partial charge >= 0.3 is 0 Å². The lowest BCUT2D eigenvalue weighted by molar-refractivity contribution is 0.0762. The number of carbonyl (C=O) groups is 1. The highest BCUT2D eigenvalue weighted by atomic mass is 16.7. The summed E-state index contributed by atoms with van der Waals surface area (Å²) in [5.41, 5.74) is 3.25. The van der Waals surface area contributed by atoms with E-state index in [-0.39, 0.29) is 12.7 Å². The summed E-state index contributed by atoms with van der Waals surface area (Å²) in [6.45, 7) is 6.00. The average molecular weight is 437 g/mol. The van der Waals surface area contributed by atoms with Gasteiger partial charge in [0.15, 0.2) is 11.5 Å². The number of nitrogens with zero attached hydrogens (tertiary/aromatic N) is 2. The Morgan fingerprint density at radius 1 is 0.875 bits per heavy atom. The molecule has 0 atom stereocenters. The summed E-state index contributed by atoms with van der Waals surface area (Å²) < 4.78 is 16.8. The highest BCUT2D eigenvalue weighted by Crippen LogP contribution is 2.33. The summed E-state index contributed by atoms with van der Waals surface area (Å²) in [5, 5.41) is 0. The molecule has 6 nitrogen and oxygen atoms in total. The quantitative estimate of drug-likeness (QED) is 0.643. The van der Waals surface area contributed by atoms with Gasteiger partial charge in [0, 0.05) is 25.2 Å². The fraction of sp³-hybridized carbons (Fsp3) is 0.500. The number of amides is 1. The molecule has 3 aliphatic heterocycles. The van der Waals surface area contributed by atoms with E-state index >= 15 is 0 Å². The summed E-state index contributed by atoms with van der Waals surface area (Å²) in [6.07, 6.45) is 6.81. The molecule has 32 heavy (non-hydrogen) atoms. The Labute approximate surface area is 190 Å². The van der Waals surface area contributed by atoms with E-state index in [1.54, 1.807) is 6.07 Å². The Hall–Kier alpha value is -2.73. The van der Waals surface area contributed by atoms with Crippen LogP contribution in [0.3, 0.4) is 0 Å². The summed E-state index contributed by atoms with van der Waals surface area (Å²) in [4.78, 5) is 17.6. The highest BCUT2D eigenvalue weighted by molar-refractivity contribution is 5.95. The Morgan fingerprint density at radius 3 is 2.56 bits per heavy atom. The zero-order valence-electron chi connectivity index (χ0n) is 18.7. The van der Waals surface area contributed by atoms with Crippen molar-refractivity contribution in [2.75, 3.05) is 46.1 Å². The van der Waals surface area contributed by atoms with Crippen LogP contribution in [0.2, 0.25) is 0 Å². The molecule has 1 saturated heterocycles. The smallest absolute Gasteiger partial charge is 0.254 e. The van der Waals surface area contributed by atoms with Gasteiger partial charge in [-0.15, -0.1) is 0 Å². The molecule has 2 aromatic carbocycles. The maximum Gasteiger partial charge on any atom is 0.254 e. The highest BCUT2D eigenvalue weighted by Gasteiger charge is 2.22. The SMILES string of the molecule is O=C(c1ccc2c(c1)OCO2)N1CCc2ccc(OCCCN3CCCCC3)cc2CC1. The van der Waals surface area contributed by atoms with Crippen molar-refractivity contribution in [3.05, 3.63) is 53.1 Å². The van der Waals surface area contributed by atoms with E-state index in [1.807, 2.05) is 17.0 Å². The third kappa shape index (κ3) is 4.85. The van der Waals surface area contributed by atoms with Crippen molar-refractivity contribution < 1.29 is 19.0 Å². The lowest BCUT2D eigenvalue weighted by Crippen LogP contribution is -2.33. The molecule has 6 heteroatoms. The van der Waals surface area contributed by atoms with Gasteiger partial charge in [0.2, 0.25) is 6.79 Å². The fourth-order valence-electron chi connectivity index (χ4n) is 4.87. The molecule has 5 rings (SSSR count). The van der Waals surface area contributed by atoms with Gasteiger partial charge in [-0.3, -0.25) is 4.79 Å². The minimum absolute atomic E-state index is 0.0466. The van der Waals surface area contributed by atoms with E-state index in [9.17, 15) is 4.79 Å². The molecule has 0 aromatic heterocycles. The van der Waals surface area contributed by atoms with Gasteiger partial charge in [-0.05, 0) is 86.7 Å². The number of likely N-dealkylation sites (tertiary alicyclic amines) is 1. The first-order valence-electron chi connectivity index (χ1n) is 11.9. The van der Waals surface area contributed by atoms with Gasteiger partial charge < -0.3 is 24.0 Å². The number of rotatable bonds is 6. The molecule has 0 aliphatic carbocycles. The van der Waals surface area contributed by atoms with Gasteiger partial charge in [-0.2, -0.15) is 0 Å². The Bertz CT molecular complexity index is 955. The molecule has 3 aliphatic rings. The third-order valence-electron chi connectivity index (χ3n) is 6.72. The molecule has 0 unspecified atom stereocenters. The van der Waals surface area contributed by atoms with E-state index in [4.69, 9.17) is 14.2 Å². The number of piperidine rings is 1. The van der Waals surface area contributed by atoms with Crippen LogP contribution in [0, 0.1) is 0 Å². The molecule has 0 radical (unpaired) electrons. The van der Waals surface area contributed by atoms with Crippen LogP contribution in [0.4, 0.5) is 0 Å². The van der Waals surface area contributed by atoms with Gasteiger partial charge in [0.25, 0.3) is 5.91 Å². The van der Waals surface area contributed by atoms with Crippen LogP contribution in [0.1, 0.15) is 47.2 Å². The van der Waals surface area contributed by atoms with Crippen LogP contribution in [0.5, 0.6) is 17.2 Å². The minimum Gasteiger partial charge on any atom is -0.494 e. The van der Waals surface area contributed by atoms with Crippen LogP contribution in [-0.4, -0.2) is 61.8 Å². The minimum atomic E-state index is 0.0466. The van der Waals surface area contributed by atoms with Crippen molar-refractivity contribution in [2.45, 2.75) is 38.5 Å². The monoisotopic (exact) mass is 436 g/mol. The number of ether oxygens (including phenoxy) is 3. The van der Waals surface area contributed by atoms with E-state index in [2.05, 4.69) is 23.1 Å². The lowest BCUT2D eigenvalue weighted by atomic mass is 10.0. The number of carbonyl (C=O) groups excluding carboxylic acids is 1. The third-order valence-corrected chi connectivity index (χ3v) is 6.72. The second kappa shape index (κ2) is 9.82. The van der Waals surface area contributed by atoms with E-state index in [0.29, 0.717) is 23.6 Å². The molecule has 170 valence electrons. The number of benzene rings is 2. The Kier molecular flexibility index (Phi) is 6.49. The average Bonchev–Trinajstić information content (AvgIpc) is 3.20. The first-order valence-corrected chi connectivity index (χ1v) is 11.9. The second-order valence-corrected chi connectivity index (χ2v) is 8.90. The van der Waals surface area contributed by atoms with Crippen molar-refractivity contribution in [3.63, 3.8) is 0 Å². The van der Waals surface area contributed by atoms with Crippen molar-refractivity contribution in [2.24, 2.45) is 0 Å². The predicted molar refractivity (Wildman–Crippen MR) is 123 cm³/mol. The number of hydrogen-bond donors (Lipinski definition) is 0. The molecule has 0 saturated carbocycles. The largest absolute Gasteiger partial charge is 0.494 e. The molecular formula is C26H32N2O4. The Morgan fingerprint density at radius 2 is 1.69 bits per heavy atom. The van der Waals surface area contributed by atoms with Crippen molar-refractivity contribution in [1.29, 1.82) is 0 Å². The normalized spacial score (nSPS) is 18.2. The van der Waals surface area contributed by atoms with Crippen molar-refractivity contribution >= 4 is 5.91 Å². The Balaban J connectivity index is 1.15. The summed E-state index contributed by atoms with van der Waals surface area (Å²) in [7, 11) is 0. The summed E-state index contributed by atoms with van der Waals surface area (Å²) in [5.74, 6) is 2.34. The van der Waals surface area contributed by atoms with Crippen LogP contribution in [0.15, 0.2) is 36.4 Å². The maximum absolute atomic E-state index is 13.1. The van der Waals surface area contributed by atoms with Gasteiger partial charge in [0.1, 0.15) is 5.75 Å². The van der Waals surface area contributed by atoms with E-state index < -0.39 is 0 Å². The first-order chi connectivity index (χ1) is 15.8. The molecule has 2 aromatic rings. The molecule has 0 spiro atoms. The van der Waals surface area contributed by atoms with Crippen LogP contribution >= 0.6 is 0 Å². The summed E-state index contributed by atoms with van der Waals surface area (Å²) in [6, 6.07) is 11.9. The standard InChI is InChI=1S/C26H32N2O4/c29-26(22-6-8-24-25(18-22)32-19-31-24)28-14-9-20-5-7-23(17-21(20)10-15-28)30-16-4-13-27-11-2-1-3-12-27/h5-8,17-18H,1-4,9-16,19H2. The molecule has 1 amide bonds. The van der Waals surface area contributed by atoms with Crippen LogP contribution in [0.25, 0.3) is 0 Å². The molecule has 0 N–H and O–H groups in total. The van der Waals surface area contributed by atoms with Gasteiger partial charge in [-0.1, -0.05) is 12.5 Å².